The van der Waals surface area contributed by atoms with Crippen molar-refractivity contribution in [2.75, 3.05) is 17.2 Å². The summed E-state index contributed by atoms with van der Waals surface area (Å²) in [5.41, 5.74) is 3.68. The van der Waals surface area contributed by atoms with Crippen LogP contribution in [0.4, 0.5) is 5.69 Å². The second-order valence-corrected chi connectivity index (χ2v) is 11.5. The quantitative estimate of drug-likeness (QED) is 0.166. The Morgan fingerprint density at radius 1 is 0.950 bits per heavy atom. The molecule has 0 radical (unpaired) electrons. The molecule has 40 heavy (non-hydrogen) atoms. The monoisotopic (exact) mass is 555 g/mol. The van der Waals surface area contributed by atoms with E-state index in [4.69, 9.17) is 9.15 Å². The van der Waals surface area contributed by atoms with Crippen LogP contribution in [-0.4, -0.2) is 25.3 Å². The fourth-order valence-electron chi connectivity index (χ4n) is 5.47. The number of benzene rings is 4. The minimum atomic E-state index is -4.07. The van der Waals surface area contributed by atoms with Crippen LogP contribution >= 0.6 is 0 Å². The lowest BCUT2D eigenvalue weighted by Gasteiger charge is -2.17. The summed E-state index contributed by atoms with van der Waals surface area (Å²) in [4.78, 5) is 2.19. The zero-order valence-electron chi connectivity index (χ0n) is 22.5. The fraction of sp³-hybridized carbons (Fsp3) is 0.219. The van der Waals surface area contributed by atoms with Crippen LogP contribution in [0.3, 0.4) is 0 Å². The van der Waals surface area contributed by atoms with Gasteiger partial charge >= 0.3 is 5.89 Å². The highest BCUT2D eigenvalue weighted by Gasteiger charge is 2.28. The van der Waals surface area contributed by atoms with Gasteiger partial charge in [-0.05, 0) is 47.9 Å². The Morgan fingerprint density at radius 2 is 1.65 bits per heavy atom. The van der Waals surface area contributed by atoms with Gasteiger partial charge in [0.25, 0.3) is 15.6 Å². The van der Waals surface area contributed by atoms with E-state index in [1.807, 2.05) is 71.3 Å². The Kier molecular flexibility index (Phi) is 6.82. The minimum absolute atomic E-state index is 0.250. The lowest BCUT2D eigenvalue weighted by atomic mass is 10.1. The second-order valence-electron chi connectivity index (χ2n) is 9.90. The smallest absolute Gasteiger partial charge is 0.374 e. The van der Waals surface area contributed by atoms with Crippen LogP contribution in [0.1, 0.15) is 32.6 Å². The number of hydrogen-bond donors (Lipinski definition) is 1. The molecular formula is C32H31N2O5S+. The molecule has 0 saturated carbocycles. The lowest BCUT2D eigenvalue weighted by Crippen LogP contribution is -2.36. The van der Waals surface area contributed by atoms with E-state index in [0.29, 0.717) is 18.0 Å². The van der Waals surface area contributed by atoms with Crippen LogP contribution in [0.5, 0.6) is 5.75 Å². The van der Waals surface area contributed by atoms with Gasteiger partial charge in [-0.2, -0.15) is 13.0 Å². The zero-order valence-corrected chi connectivity index (χ0v) is 23.3. The highest BCUT2D eigenvalue weighted by molar-refractivity contribution is 7.85. The molecule has 1 aliphatic rings. The van der Waals surface area contributed by atoms with Crippen molar-refractivity contribution in [1.82, 2.24) is 0 Å². The molecule has 0 spiro atoms. The van der Waals surface area contributed by atoms with Gasteiger partial charge in [0.1, 0.15) is 0 Å². The summed E-state index contributed by atoms with van der Waals surface area (Å²) in [6.07, 6.45) is 5.02. The number of oxazole rings is 1. The predicted molar refractivity (Wildman–Crippen MR) is 159 cm³/mol. The Balaban J connectivity index is 1.44. The van der Waals surface area contributed by atoms with Crippen molar-refractivity contribution >= 4 is 54.5 Å². The van der Waals surface area contributed by atoms with E-state index in [0.717, 1.165) is 62.9 Å². The maximum absolute atomic E-state index is 11.5. The third kappa shape index (κ3) is 4.85. The largest absolute Gasteiger partial charge is 0.439 e. The number of aryl methyl sites for hydroxylation is 1. The average Bonchev–Trinajstić information content (AvgIpc) is 3.49. The number of allylic oxidation sites excluding steroid dienone is 2. The first kappa shape index (κ1) is 26.1. The Labute approximate surface area is 233 Å². The Hall–Kier alpha value is -4.14. The molecule has 7 nitrogen and oxygen atoms in total. The molecule has 0 fully saturated rings. The van der Waals surface area contributed by atoms with Gasteiger partial charge < -0.3 is 14.1 Å². The average molecular weight is 556 g/mol. The van der Waals surface area contributed by atoms with Crippen LogP contribution in [0, 0.1) is 0 Å². The summed E-state index contributed by atoms with van der Waals surface area (Å²) >= 11 is 0. The first-order chi connectivity index (χ1) is 19.4. The molecule has 0 atom stereocenters. The summed E-state index contributed by atoms with van der Waals surface area (Å²) in [6.45, 7) is 5.31. The van der Waals surface area contributed by atoms with Gasteiger partial charge in [0.15, 0.2) is 12.3 Å². The van der Waals surface area contributed by atoms with E-state index < -0.39 is 10.1 Å². The topological polar surface area (TPSA) is 83.9 Å². The van der Waals surface area contributed by atoms with E-state index in [2.05, 4.69) is 36.9 Å². The molecule has 0 unspecified atom stereocenters. The van der Waals surface area contributed by atoms with Crippen molar-refractivity contribution in [2.45, 2.75) is 33.2 Å². The van der Waals surface area contributed by atoms with Crippen LogP contribution in [0.2, 0.25) is 0 Å². The van der Waals surface area contributed by atoms with Gasteiger partial charge in [-0.3, -0.25) is 4.55 Å². The number of fused-ring (bicyclic) bond motifs is 6. The first-order valence-corrected chi connectivity index (χ1v) is 15.2. The van der Waals surface area contributed by atoms with E-state index >= 15 is 0 Å². The molecule has 0 amide bonds. The van der Waals surface area contributed by atoms with Gasteiger partial charge in [0, 0.05) is 24.4 Å². The van der Waals surface area contributed by atoms with Gasteiger partial charge in [-0.15, -0.1) is 0 Å². The van der Waals surface area contributed by atoms with Crippen molar-refractivity contribution in [2.24, 2.45) is 0 Å². The van der Waals surface area contributed by atoms with Gasteiger partial charge in [-0.1, -0.05) is 61.5 Å². The SMILES string of the molecule is CCC(/C=C1\Oc2ccc3ccccc3c2N1CC)=C\c1oc2ccc3ccccc3c2[n+]1CCCS(=O)(=O)O. The molecule has 2 heterocycles. The van der Waals surface area contributed by atoms with E-state index in [9.17, 15) is 13.0 Å². The number of rotatable bonds is 8. The summed E-state index contributed by atoms with van der Waals surface area (Å²) in [5.74, 6) is 1.87. The summed E-state index contributed by atoms with van der Waals surface area (Å²) < 4.78 is 47.0. The number of aromatic nitrogens is 1. The molecule has 1 aliphatic heterocycles. The fourth-order valence-corrected chi connectivity index (χ4v) is 5.96. The number of hydrogen-bond acceptors (Lipinski definition) is 5. The predicted octanol–water partition coefficient (Wildman–Crippen LogP) is 6.86. The Bertz CT molecular complexity index is 1920. The maximum Gasteiger partial charge on any atom is 0.374 e. The van der Waals surface area contributed by atoms with Crippen LogP contribution in [0.15, 0.2) is 94.7 Å². The first-order valence-electron chi connectivity index (χ1n) is 13.5. The minimum Gasteiger partial charge on any atom is -0.439 e. The second kappa shape index (κ2) is 10.4. The molecule has 0 saturated heterocycles. The molecule has 6 rings (SSSR count). The van der Waals surface area contributed by atoms with Gasteiger partial charge in [-0.25, -0.2) is 0 Å². The maximum atomic E-state index is 11.5. The molecule has 0 aliphatic carbocycles. The van der Waals surface area contributed by atoms with Crippen molar-refractivity contribution in [1.29, 1.82) is 0 Å². The number of anilines is 1. The van der Waals surface area contributed by atoms with E-state index in [1.165, 1.54) is 0 Å². The third-order valence-corrected chi connectivity index (χ3v) is 8.16. The van der Waals surface area contributed by atoms with E-state index in [1.54, 1.807) is 0 Å². The lowest BCUT2D eigenvalue weighted by molar-refractivity contribution is -0.677. The number of nitrogens with zero attached hydrogens (tertiary/aromatic N) is 2. The van der Waals surface area contributed by atoms with Gasteiger partial charge in [0.2, 0.25) is 11.5 Å². The summed E-state index contributed by atoms with van der Waals surface area (Å²) in [7, 11) is -4.07. The third-order valence-electron chi connectivity index (χ3n) is 7.35. The molecule has 0 bridgehead atoms. The van der Waals surface area contributed by atoms with E-state index in [-0.39, 0.29) is 12.2 Å². The molecule has 204 valence electrons. The zero-order chi connectivity index (χ0) is 27.9. The normalized spacial score (nSPS) is 14.9. The Morgan fingerprint density at radius 3 is 2.38 bits per heavy atom. The van der Waals surface area contributed by atoms with Crippen LogP contribution in [-0.2, 0) is 16.7 Å². The van der Waals surface area contributed by atoms with Crippen molar-refractivity contribution < 1.29 is 26.7 Å². The van der Waals surface area contributed by atoms with Gasteiger partial charge in [0.05, 0.1) is 22.9 Å². The molecule has 5 aromatic rings. The highest BCUT2D eigenvalue weighted by atomic mass is 32.2. The van der Waals surface area contributed by atoms with Crippen LogP contribution < -0.4 is 14.2 Å². The van der Waals surface area contributed by atoms with Crippen molar-refractivity contribution in [3.8, 4) is 5.75 Å². The van der Waals surface area contributed by atoms with Crippen molar-refractivity contribution in [3.63, 3.8) is 0 Å². The van der Waals surface area contributed by atoms with Crippen molar-refractivity contribution in [3.05, 3.63) is 96.2 Å². The summed E-state index contributed by atoms with van der Waals surface area (Å²) in [6, 6.07) is 24.4. The molecule has 1 aromatic heterocycles. The highest BCUT2D eigenvalue weighted by Crippen LogP contribution is 2.44. The number of ether oxygens (including phenoxy) is 1. The molecular weight excluding hydrogens is 524 g/mol. The van der Waals surface area contributed by atoms with Crippen LogP contribution in [0.25, 0.3) is 38.7 Å². The molecule has 8 heteroatoms. The standard InChI is InChI=1S/C32H30N2O5S/c1-3-22(20-29-33(4-2)31-25-12-7-5-10-23(25)14-16-27(31)38-29)21-30-34(18-9-19-40(35,36)37)32-26-13-8-6-11-24(26)15-17-28(32)39-30/h5-8,10-17,20-21H,3-4,9,18-19H2,1-2H3/p+1. The summed E-state index contributed by atoms with van der Waals surface area (Å²) in [5, 5.41) is 4.39. The molecule has 1 N–H and O–H groups in total. The molecule has 4 aromatic carbocycles.